The summed E-state index contributed by atoms with van der Waals surface area (Å²) in [6, 6.07) is 0. The molecule has 0 aromatic heterocycles. The van der Waals surface area contributed by atoms with Crippen molar-refractivity contribution in [2.75, 3.05) is 0 Å². The molecule has 0 aliphatic heterocycles. The maximum atomic E-state index is 1.62. The van der Waals surface area contributed by atoms with Crippen molar-refractivity contribution >= 4 is 0 Å². The van der Waals surface area contributed by atoms with Gasteiger partial charge in [-0.25, -0.2) is 0 Å². The lowest BCUT2D eigenvalue weighted by Gasteiger charge is -2.40. The zero-order valence-corrected chi connectivity index (χ0v) is 12.2. The van der Waals surface area contributed by atoms with Crippen LogP contribution in [0.25, 0.3) is 0 Å². The SMILES string of the molecule is C1CCC(C2CCCC(C3CCCCC3)C2)CC1. The predicted octanol–water partition coefficient (Wildman–Crippen LogP) is 5.95. The van der Waals surface area contributed by atoms with Crippen molar-refractivity contribution < 1.29 is 0 Å². The summed E-state index contributed by atoms with van der Waals surface area (Å²) in [5.41, 5.74) is 0. The summed E-state index contributed by atoms with van der Waals surface area (Å²) < 4.78 is 0. The Morgan fingerprint density at radius 2 is 0.722 bits per heavy atom. The van der Waals surface area contributed by atoms with Crippen LogP contribution >= 0.6 is 0 Å². The van der Waals surface area contributed by atoms with Crippen molar-refractivity contribution in [3.63, 3.8) is 0 Å². The van der Waals surface area contributed by atoms with Gasteiger partial charge in [-0.1, -0.05) is 83.5 Å². The molecule has 3 rings (SSSR count). The van der Waals surface area contributed by atoms with Gasteiger partial charge in [-0.15, -0.1) is 0 Å². The highest BCUT2D eigenvalue weighted by Gasteiger charge is 2.33. The van der Waals surface area contributed by atoms with Gasteiger partial charge in [-0.05, 0) is 30.1 Å². The average molecular weight is 248 g/mol. The van der Waals surface area contributed by atoms with Crippen molar-refractivity contribution in [2.45, 2.75) is 89.9 Å². The summed E-state index contributed by atoms with van der Waals surface area (Å²) in [6.45, 7) is 0. The number of hydrogen-bond donors (Lipinski definition) is 0. The molecule has 2 atom stereocenters. The van der Waals surface area contributed by atoms with E-state index in [4.69, 9.17) is 0 Å². The summed E-state index contributed by atoms with van der Waals surface area (Å²) in [5, 5.41) is 0. The van der Waals surface area contributed by atoms with E-state index in [1.807, 2.05) is 0 Å². The van der Waals surface area contributed by atoms with Crippen LogP contribution in [0, 0.1) is 23.7 Å². The molecule has 0 heteroatoms. The molecule has 3 aliphatic carbocycles. The van der Waals surface area contributed by atoms with E-state index in [2.05, 4.69) is 0 Å². The first-order chi connectivity index (χ1) is 8.93. The van der Waals surface area contributed by atoms with Gasteiger partial charge in [0, 0.05) is 0 Å². The van der Waals surface area contributed by atoms with E-state index in [1.165, 1.54) is 38.5 Å². The second-order valence-corrected chi connectivity index (χ2v) is 7.48. The smallest absolute Gasteiger partial charge is 0.0383 e. The molecule has 0 amide bonds. The fourth-order valence-corrected chi connectivity index (χ4v) is 5.33. The Morgan fingerprint density at radius 3 is 1.17 bits per heavy atom. The van der Waals surface area contributed by atoms with Crippen molar-refractivity contribution in [1.29, 1.82) is 0 Å². The fraction of sp³-hybridized carbons (Fsp3) is 1.00. The fourth-order valence-electron chi connectivity index (χ4n) is 5.33. The Hall–Kier alpha value is 0. The van der Waals surface area contributed by atoms with Crippen molar-refractivity contribution in [3.8, 4) is 0 Å². The normalized spacial score (nSPS) is 36.7. The molecular formula is C18H32. The summed E-state index contributed by atoms with van der Waals surface area (Å²) in [7, 11) is 0. The molecule has 104 valence electrons. The topological polar surface area (TPSA) is 0 Å². The van der Waals surface area contributed by atoms with E-state index in [9.17, 15) is 0 Å². The lowest BCUT2D eigenvalue weighted by atomic mass is 9.65. The highest BCUT2D eigenvalue weighted by molar-refractivity contribution is 4.84. The summed E-state index contributed by atoms with van der Waals surface area (Å²) in [5.74, 6) is 4.52. The van der Waals surface area contributed by atoms with Crippen LogP contribution in [0.1, 0.15) is 89.9 Å². The van der Waals surface area contributed by atoms with Crippen molar-refractivity contribution in [3.05, 3.63) is 0 Å². The molecule has 0 spiro atoms. The van der Waals surface area contributed by atoms with Crippen LogP contribution in [0.5, 0.6) is 0 Å². The van der Waals surface area contributed by atoms with Crippen molar-refractivity contribution in [1.82, 2.24) is 0 Å². The number of hydrogen-bond acceptors (Lipinski definition) is 0. The number of rotatable bonds is 2. The molecule has 0 N–H and O–H groups in total. The highest BCUT2D eigenvalue weighted by atomic mass is 14.4. The van der Waals surface area contributed by atoms with E-state index in [1.54, 1.807) is 51.4 Å². The molecule has 3 fully saturated rings. The third kappa shape index (κ3) is 3.11. The lowest BCUT2D eigenvalue weighted by molar-refractivity contribution is 0.111. The van der Waals surface area contributed by atoms with Gasteiger partial charge >= 0.3 is 0 Å². The Balaban J connectivity index is 1.53. The Kier molecular flexibility index (Phi) is 4.65. The van der Waals surface area contributed by atoms with Crippen LogP contribution < -0.4 is 0 Å². The lowest BCUT2D eigenvalue weighted by Crippen LogP contribution is -2.29. The van der Waals surface area contributed by atoms with Crippen LogP contribution in [-0.4, -0.2) is 0 Å². The predicted molar refractivity (Wildman–Crippen MR) is 78.6 cm³/mol. The van der Waals surface area contributed by atoms with Crippen LogP contribution in [-0.2, 0) is 0 Å². The molecule has 0 radical (unpaired) electrons. The zero-order chi connectivity index (χ0) is 12.2. The molecule has 0 aromatic rings. The standard InChI is InChI=1S/C18H32/c1-3-8-15(9-4-1)17-12-7-13-18(14-17)16-10-5-2-6-11-16/h15-18H,1-14H2. The molecule has 0 bridgehead atoms. The van der Waals surface area contributed by atoms with Crippen LogP contribution in [0.15, 0.2) is 0 Å². The summed E-state index contributed by atoms with van der Waals surface area (Å²) in [6.07, 6.45) is 21.8. The summed E-state index contributed by atoms with van der Waals surface area (Å²) in [4.78, 5) is 0. The summed E-state index contributed by atoms with van der Waals surface area (Å²) >= 11 is 0. The molecule has 2 unspecified atom stereocenters. The Morgan fingerprint density at radius 1 is 0.333 bits per heavy atom. The van der Waals surface area contributed by atoms with Gasteiger partial charge in [0.05, 0.1) is 0 Å². The molecule has 0 heterocycles. The largest absolute Gasteiger partial charge is 0.0533 e. The van der Waals surface area contributed by atoms with E-state index in [0.717, 1.165) is 23.7 Å². The first-order valence-electron chi connectivity index (χ1n) is 8.93. The molecule has 0 aromatic carbocycles. The van der Waals surface area contributed by atoms with Gasteiger partial charge in [0.15, 0.2) is 0 Å². The zero-order valence-electron chi connectivity index (χ0n) is 12.2. The van der Waals surface area contributed by atoms with E-state index < -0.39 is 0 Å². The molecule has 3 aliphatic rings. The average Bonchev–Trinajstić information content (AvgIpc) is 2.49. The van der Waals surface area contributed by atoms with Gasteiger partial charge in [0.2, 0.25) is 0 Å². The van der Waals surface area contributed by atoms with Crippen LogP contribution in [0.2, 0.25) is 0 Å². The van der Waals surface area contributed by atoms with Gasteiger partial charge in [-0.2, -0.15) is 0 Å². The minimum absolute atomic E-state index is 1.13. The maximum Gasteiger partial charge on any atom is -0.0383 e. The first kappa shape index (κ1) is 13.0. The second kappa shape index (κ2) is 6.44. The Bertz CT molecular complexity index is 208. The van der Waals surface area contributed by atoms with Crippen LogP contribution in [0.3, 0.4) is 0 Å². The molecule has 0 nitrogen and oxygen atoms in total. The first-order valence-corrected chi connectivity index (χ1v) is 8.93. The quantitative estimate of drug-likeness (QED) is 0.566. The van der Waals surface area contributed by atoms with E-state index in [-0.39, 0.29) is 0 Å². The molecule has 3 saturated carbocycles. The molecular weight excluding hydrogens is 216 g/mol. The third-order valence-electron chi connectivity index (χ3n) is 6.39. The highest BCUT2D eigenvalue weighted by Crippen LogP contribution is 2.45. The van der Waals surface area contributed by atoms with Gasteiger partial charge in [0.1, 0.15) is 0 Å². The molecule has 0 saturated heterocycles. The monoisotopic (exact) mass is 248 g/mol. The van der Waals surface area contributed by atoms with Gasteiger partial charge in [0.25, 0.3) is 0 Å². The van der Waals surface area contributed by atoms with E-state index >= 15 is 0 Å². The third-order valence-corrected chi connectivity index (χ3v) is 6.39. The van der Waals surface area contributed by atoms with Gasteiger partial charge < -0.3 is 0 Å². The molecule has 18 heavy (non-hydrogen) atoms. The van der Waals surface area contributed by atoms with Crippen molar-refractivity contribution in [2.24, 2.45) is 23.7 Å². The van der Waals surface area contributed by atoms with Crippen LogP contribution in [0.4, 0.5) is 0 Å². The minimum Gasteiger partial charge on any atom is -0.0533 e. The maximum absolute atomic E-state index is 1.62. The minimum atomic E-state index is 1.13. The van der Waals surface area contributed by atoms with E-state index in [0.29, 0.717) is 0 Å². The Labute approximate surface area is 114 Å². The van der Waals surface area contributed by atoms with Gasteiger partial charge in [-0.3, -0.25) is 0 Å². The second-order valence-electron chi connectivity index (χ2n) is 7.48.